The minimum Gasteiger partial charge on any atom is -0.497 e. The molecular formula is C31H23F3O2. The predicted octanol–water partition coefficient (Wildman–Crippen LogP) is 9.28. The van der Waals surface area contributed by atoms with Crippen LogP contribution in [0.25, 0.3) is 44.9 Å². The van der Waals surface area contributed by atoms with E-state index in [1.54, 1.807) is 7.11 Å². The van der Waals surface area contributed by atoms with Gasteiger partial charge in [-0.15, -0.1) is 0 Å². The minimum atomic E-state index is -4.41. The molecule has 0 saturated heterocycles. The summed E-state index contributed by atoms with van der Waals surface area (Å²) in [5.74, 6) is 1.94. The Hall–Kier alpha value is -4.25. The molecule has 1 heterocycles. The largest absolute Gasteiger partial charge is 0.497 e. The first-order chi connectivity index (χ1) is 17.3. The van der Waals surface area contributed by atoms with Gasteiger partial charge in [0.1, 0.15) is 17.3 Å². The summed E-state index contributed by atoms with van der Waals surface area (Å²) in [5.41, 5.74) is 5.19. The molecule has 180 valence electrons. The smallest absolute Gasteiger partial charge is 0.416 e. The first kappa shape index (κ1) is 23.5. The summed E-state index contributed by atoms with van der Waals surface area (Å²) in [4.78, 5) is 0. The number of hydrogen-bond donors (Lipinski definition) is 0. The molecule has 0 aliphatic rings. The summed E-state index contributed by atoms with van der Waals surface area (Å²) in [6.45, 7) is 2.01. The molecule has 0 spiro atoms. The second-order valence-corrected chi connectivity index (χ2v) is 8.55. The number of methoxy groups -OCH3 is 1. The lowest BCUT2D eigenvalue weighted by Crippen LogP contribution is -2.04. The molecule has 0 aliphatic heterocycles. The quantitative estimate of drug-likeness (QED) is 0.248. The predicted molar refractivity (Wildman–Crippen MR) is 137 cm³/mol. The summed E-state index contributed by atoms with van der Waals surface area (Å²) in [6.07, 6.45) is -4.41. The summed E-state index contributed by atoms with van der Waals surface area (Å²) in [7, 11) is 1.61. The second-order valence-electron chi connectivity index (χ2n) is 8.55. The average Bonchev–Trinajstić information content (AvgIpc) is 3.30. The number of furan rings is 1. The monoisotopic (exact) mass is 484 g/mol. The zero-order chi connectivity index (χ0) is 25.3. The van der Waals surface area contributed by atoms with Gasteiger partial charge < -0.3 is 9.15 Å². The van der Waals surface area contributed by atoms with Crippen molar-refractivity contribution < 1.29 is 22.3 Å². The Morgan fingerprint density at radius 1 is 0.583 bits per heavy atom. The SMILES string of the molecule is COc1ccc(-c2oc(-c3ccccc3)c(-c3ccc(C(F)(F)F)cc3)c2-c2ccc(C)cc2)cc1. The van der Waals surface area contributed by atoms with Crippen molar-refractivity contribution in [1.29, 1.82) is 0 Å². The van der Waals surface area contributed by atoms with Gasteiger partial charge in [0.25, 0.3) is 0 Å². The Morgan fingerprint density at radius 2 is 1.06 bits per heavy atom. The minimum absolute atomic E-state index is 0.594. The van der Waals surface area contributed by atoms with Crippen LogP contribution in [0.2, 0.25) is 0 Å². The standard InChI is InChI=1S/C31H23F3O2/c1-20-8-10-21(11-9-20)27-28(22-12-16-25(17-13-22)31(32,33)34)29(23-6-4-3-5-7-23)36-30(27)24-14-18-26(35-2)19-15-24/h3-19H,1-2H3. The highest BCUT2D eigenvalue weighted by molar-refractivity contribution is 5.99. The lowest BCUT2D eigenvalue weighted by molar-refractivity contribution is -0.137. The molecule has 0 saturated carbocycles. The van der Waals surface area contributed by atoms with E-state index in [4.69, 9.17) is 9.15 Å². The Morgan fingerprint density at radius 3 is 1.56 bits per heavy atom. The highest BCUT2D eigenvalue weighted by Gasteiger charge is 2.31. The van der Waals surface area contributed by atoms with Gasteiger partial charge in [0.05, 0.1) is 12.7 Å². The topological polar surface area (TPSA) is 22.4 Å². The summed E-state index contributed by atoms with van der Waals surface area (Å²) in [5, 5.41) is 0. The molecule has 0 amide bonds. The van der Waals surface area contributed by atoms with Crippen molar-refractivity contribution in [2.75, 3.05) is 7.11 Å². The number of hydrogen-bond acceptors (Lipinski definition) is 2. The molecule has 5 rings (SSSR count). The lowest BCUT2D eigenvalue weighted by atomic mass is 9.91. The molecule has 0 atom stereocenters. The van der Waals surface area contributed by atoms with Crippen LogP contribution in [-0.4, -0.2) is 7.11 Å². The summed E-state index contributed by atoms with van der Waals surface area (Å²) in [6, 6.07) is 30.4. The first-order valence-corrected chi connectivity index (χ1v) is 11.5. The molecule has 2 nitrogen and oxygen atoms in total. The van der Waals surface area contributed by atoms with Gasteiger partial charge in [0, 0.05) is 22.3 Å². The molecule has 4 aromatic carbocycles. The highest BCUT2D eigenvalue weighted by Crippen LogP contribution is 2.48. The van der Waals surface area contributed by atoms with E-state index in [1.807, 2.05) is 85.8 Å². The fourth-order valence-corrected chi connectivity index (χ4v) is 4.27. The van der Waals surface area contributed by atoms with E-state index in [2.05, 4.69) is 0 Å². The van der Waals surface area contributed by atoms with Crippen molar-refractivity contribution in [3.63, 3.8) is 0 Å². The van der Waals surface area contributed by atoms with Crippen LogP contribution in [0.15, 0.2) is 108 Å². The van der Waals surface area contributed by atoms with Crippen LogP contribution >= 0.6 is 0 Å². The van der Waals surface area contributed by atoms with E-state index in [0.29, 0.717) is 22.8 Å². The first-order valence-electron chi connectivity index (χ1n) is 11.5. The molecule has 5 heteroatoms. The molecule has 1 aromatic heterocycles. The van der Waals surface area contributed by atoms with E-state index in [9.17, 15) is 13.2 Å². The molecule has 5 aromatic rings. The van der Waals surface area contributed by atoms with Gasteiger partial charge in [-0.1, -0.05) is 72.3 Å². The third kappa shape index (κ3) is 4.52. The van der Waals surface area contributed by atoms with E-state index >= 15 is 0 Å². The van der Waals surface area contributed by atoms with Crippen LogP contribution in [0.1, 0.15) is 11.1 Å². The third-order valence-electron chi connectivity index (χ3n) is 6.14. The summed E-state index contributed by atoms with van der Waals surface area (Å²) >= 11 is 0. The Balaban J connectivity index is 1.82. The number of halogens is 3. The Labute approximate surface area is 207 Å². The van der Waals surface area contributed by atoms with Crippen molar-refractivity contribution in [1.82, 2.24) is 0 Å². The van der Waals surface area contributed by atoms with Crippen LogP contribution in [-0.2, 0) is 6.18 Å². The lowest BCUT2D eigenvalue weighted by Gasteiger charge is -2.11. The fraction of sp³-hybridized carbons (Fsp3) is 0.0968. The summed E-state index contributed by atoms with van der Waals surface area (Å²) < 4.78 is 51.8. The van der Waals surface area contributed by atoms with Crippen LogP contribution in [0.3, 0.4) is 0 Å². The molecule has 36 heavy (non-hydrogen) atoms. The van der Waals surface area contributed by atoms with E-state index in [1.165, 1.54) is 12.1 Å². The molecule has 0 bridgehead atoms. The van der Waals surface area contributed by atoms with Gasteiger partial charge in [-0.3, -0.25) is 0 Å². The number of ether oxygens (including phenoxy) is 1. The van der Waals surface area contributed by atoms with Crippen LogP contribution in [0, 0.1) is 6.92 Å². The van der Waals surface area contributed by atoms with E-state index < -0.39 is 11.7 Å². The van der Waals surface area contributed by atoms with Crippen molar-refractivity contribution in [3.05, 3.63) is 114 Å². The van der Waals surface area contributed by atoms with Gasteiger partial charge in [0.2, 0.25) is 0 Å². The normalized spacial score (nSPS) is 11.5. The Kier molecular flexibility index (Phi) is 6.15. The number of rotatable bonds is 5. The number of aryl methyl sites for hydroxylation is 1. The van der Waals surface area contributed by atoms with Crippen molar-refractivity contribution in [2.24, 2.45) is 0 Å². The number of alkyl halides is 3. The third-order valence-corrected chi connectivity index (χ3v) is 6.14. The maximum Gasteiger partial charge on any atom is 0.416 e. The van der Waals surface area contributed by atoms with Crippen LogP contribution in [0.5, 0.6) is 5.75 Å². The van der Waals surface area contributed by atoms with Gasteiger partial charge in [-0.05, 0) is 54.4 Å². The molecule has 0 radical (unpaired) electrons. The van der Waals surface area contributed by atoms with E-state index in [0.717, 1.165) is 45.5 Å². The number of benzene rings is 4. The van der Waals surface area contributed by atoms with Gasteiger partial charge in [-0.2, -0.15) is 13.2 Å². The molecule has 0 fully saturated rings. The van der Waals surface area contributed by atoms with Gasteiger partial charge >= 0.3 is 6.18 Å². The molecule has 0 N–H and O–H groups in total. The van der Waals surface area contributed by atoms with Crippen molar-refractivity contribution in [3.8, 4) is 50.7 Å². The maximum absolute atomic E-state index is 13.3. The van der Waals surface area contributed by atoms with Gasteiger partial charge in [-0.25, -0.2) is 0 Å². The highest BCUT2D eigenvalue weighted by atomic mass is 19.4. The van der Waals surface area contributed by atoms with Crippen molar-refractivity contribution >= 4 is 0 Å². The van der Waals surface area contributed by atoms with Crippen LogP contribution < -0.4 is 4.74 Å². The fourth-order valence-electron chi connectivity index (χ4n) is 4.27. The Bertz CT molecular complexity index is 1460. The second kappa shape index (κ2) is 9.42. The zero-order valence-electron chi connectivity index (χ0n) is 19.8. The zero-order valence-corrected chi connectivity index (χ0v) is 19.8. The average molecular weight is 485 g/mol. The van der Waals surface area contributed by atoms with Crippen LogP contribution in [0.4, 0.5) is 13.2 Å². The molecule has 0 aliphatic carbocycles. The van der Waals surface area contributed by atoms with E-state index in [-0.39, 0.29) is 0 Å². The van der Waals surface area contributed by atoms with Gasteiger partial charge in [0.15, 0.2) is 0 Å². The molecule has 0 unspecified atom stereocenters. The van der Waals surface area contributed by atoms with Crippen molar-refractivity contribution in [2.45, 2.75) is 13.1 Å². The molecular weight excluding hydrogens is 461 g/mol. The maximum atomic E-state index is 13.3.